The average Bonchev–Trinajstić information content (AvgIpc) is 2.41. The Bertz CT molecular complexity index is 510. The highest BCUT2D eigenvalue weighted by Crippen LogP contribution is 2.20. The summed E-state index contributed by atoms with van der Waals surface area (Å²) in [4.78, 5) is 4.96. The molecule has 0 atom stereocenters. The molecule has 2 N–H and O–H groups in total. The van der Waals surface area contributed by atoms with Crippen molar-refractivity contribution in [1.82, 2.24) is 9.80 Å². The summed E-state index contributed by atoms with van der Waals surface area (Å²) in [6.45, 7) is 9.37. The lowest BCUT2D eigenvalue weighted by atomic mass is 9.99. The first-order valence-corrected chi connectivity index (χ1v) is 7.23. The van der Waals surface area contributed by atoms with Gasteiger partial charge in [-0.1, -0.05) is 24.0 Å². The van der Waals surface area contributed by atoms with Gasteiger partial charge in [0.15, 0.2) is 0 Å². The molecule has 3 heteroatoms. The number of rotatable bonds is 2. The van der Waals surface area contributed by atoms with Crippen LogP contribution in [0.5, 0.6) is 0 Å². The molecule has 0 bridgehead atoms. The molecule has 2 rings (SSSR count). The summed E-state index contributed by atoms with van der Waals surface area (Å²) in [6, 6.07) is 8.48. The number of piperazine rings is 1. The van der Waals surface area contributed by atoms with Crippen molar-refractivity contribution in [2.75, 3.05) is 33.2 Å². The van der Waals surface area contributed by atoms with E-state index >= 15 is 0 Å². The molecule has 108 valence electrons. The van der Waals surface area contributed by atoms with E-state index in [1.54, 1.807) is 0 Å². The third-order valence-electron chi connectivity index (χ3n) is 4.06. The molecule has 1 aromatic rings. The second-order valence-electron chi connectivity index (χ2n) is 6.15. The number of nitrogens with two attached hydrogens (primary N) is 1. The minimum atomic E-state index is 0.245. The minimum absolute atomic E-state index is 0.245. The molecule has 1 aliphatic rings. The third-order valence-corrected chi connectivity index (χ3v) is 4.06. The van der Waals surface area contributed by atoms with Crippen molar-refractivity contribution in [2.45, 2.75) is 25.9 Å². The molecule has 0 aliphatic carbocycles. The van der Waals surface area contributed by atoms with Gasteiger partial charge in [0.2, 0.25) is 0 Å². The van der Waals surface area contributed by atoms with Crippen LogP contribution in [0.25, 0.3) is 0 Å². The van der Waals surface area contributed by atoms with Crippen molar-refractivity contribution in [3.05, 3.63) is 35.4 Å². The van der Waals surface area contributed by atoms with E-state index in [0.717, 1.165) is 31.7 Å². The number of hydrogen-bond donors (Lipinski definition) is 1. The molecule has 3 nitrogen and oxygen atoms in total. The van der Waals surface area contributed by atoms with Crippen LogP contribution >= 0.6 is 0 Å². The van der Waals surface area contributed by atoms with Gasteiger partial charge < -0.3 is 5.73 Å². The lowest BCUT2D eigenvalue weighted by molar-refractivity contribution is 0.0360. The summed E-state index contributed by atoms with van der Waals surface area (Å²) < 4.78 is 0. The molecule has 1 fully saturated rings. The topological polar surface area (TPSA) is 32.5 Å². The predicted octanol–water partition coefficient (Wildman–Crippen LogP) is 1.52. The van der Waals surface area contributed by atoms with Crippen LogP contribution in [-0.2, 0) is 6.54 Å². The first kappa shape index (κ1) is 15.1. The van der Waals surface area contributed by atoms with Crippen molar-refractivity contribution in [3.8, 4) is 11.8 Å². The second kappa shape index (κ2) is 6.41. The summed E-state index contributed by atoms with van der Waals surface area (Å²) in [6.07, 6.45) is 0. The van der Waals surface area contributed by atoms with Crippen LogP contribution in [0, 0.1) is 11.8 Å². The normalized spacial score (nSPS) is 19.4. The van der Waals surface area contributed by atoms with E-state index in [1.165, 1.54) is 5.56 Å². The third kappa shape index (κ3) is 3.83. The van der Waals surface area contributed by atoms with Gasteiger partial charge in [-0.3, -0.25) is 9.80 Å². The lowest BCUT2D eigenvalue weighted by Gasteiger charge is -2.45. The van der Waals surface area contributed by atoms with E-state index in [0.29, 0.717) is 6.54 Å². The fourth-order valence-electron chi connectivity index (χ4n) is 2.63. The second-order valence-corrected chi connectivity index (χ2v) is 6.15. The van der Waals surface area contributed by atoms with Gasteiger partial charge in [0.05, 0.1) is 6.54 Å². The fraction of sp³-hybridized carbons (Fsp3) is 0.529. The van der Waals surface area contributed by atoms with Crippen LogP contribution in [0.1, 0.15) is 25.0 Å². The quantitative estimate of drug-likeness (QED) is 0.828. The smallest absolute Gasteiger partial charge is 0.0555 e. The first-order chi connectivity index (χ1) is 9.51. The number of benzene rings is 1. The zero-order valence-electron chi connectivity index (χ0n) is 12.8. The van der Waals surface area contributed by atoms with Gasteiger partial charge in [-0.2, -0.15) is 0 Å². The Morgan fingerprint density at radius 3 is 2.80 bits per heavy atom. The van der Waals surface area contributed by atoms with Gasteiger partial charge >= 0.3 is 0 Å². The maximum Gasteiger partial charge on any atom is 0.0555 e. The molecule has 0 amide bonds. The summed E-state index contributed by atoms with van der Waals surface area (Å²) in [5.41, 5.74) is 8.05. The van der Waals surface area contributed by atoms with Crippen molar-refractivity contribution < 1.29 is 0 Å². The fourth-order valence-corrected chi connectivity index (χ4v) is 2.63. The van der Waals surface area contributed by atoms with Crippen LogP contribution in [0.4, 0.5) is 0 Å². The molecule has 0 saturated carbocycles. The van der Waals surface area contributed by atoms with Crippen LogP contribution in [-0.4, -0.2) is 48.6 Å². The molecular formula is C17H25N3. The maximum absolute atomic E-state index is 5.42. The largest absolute Gasteiger partial charge is 0.320 e. The summed E-state index contributed by atoms with van der Waals surface area (Å²) >= 11 is 0. The van der Waals surface area contributed by atoms with Gasteiger partial charge in [-0.15, -0.1) is 0 Å². The van der Waals surface area contributed by atoms with E-state index < -0.39 is 0 Å². The lowest BCUT2D eigenvalue weighted by Crippen LogP contribution is -2.57. The molecule has 1 heterocycles. The van der Waals surface area contributed by atoms with Crippen LogP contribution in [0.3, 0.4) is 0 Å². The Morgan fingerprint density at radius 1 is 1.30 bits per heavy atom. The average molecular weight is 271 g/mol. The van der Waals surface area contributed by atoms with E-state index in [-0.39, 0.29) is 5.54 Å². The highest BCUT2D eigenvalue weighted by atomic mass is 15.3. The Kier molecular flexibility index (Phi) is 4.82. The van der Waals surface area contributed by atoms with E-state index in [1.807, 2.05) is 6.07 Å². The molecule has 0 unspecified atom stereocenters. The molecule has 0 aromatic heterocycles. The van der Waals surface area contributed by atoms with Crippen LogP contribution in [0.15, 0.2) is 24.3 Å². The molecule has 1 aliphatic heterocycles. The van der Waals surface area contributed by atoms with Gasteiger partial charge in [0.25, 0.3) is 0 Å². The van der Waals surface area contributed by atoms with Crippen molar-refractivity contribution in [1.29, 1.82) is 0 Å². The zero-order chi connectivity index (χ0) is 14.6. The first-order valence-electron chi connectivity index (χ1n) is 7.23. The number of hydrogen-bond acceptors (Lipinski definition) is 3. The van der Waals surface area contributed by atoms with Crippen molar-refractivity contribution in [2.24, 2.45) is 5.73 Å². The summed E-state index contributed by atoms with van der Waals surface area (Å²) in [7, 11) is 2.21. The Balaban J connectivity index is 2.03. The molecule has 0 spiro atoms. The summed E-state index contributed by atoms with van der Waals surface area (Å²) in [5.74, 6) is 6.02. The Morgan fingerprint density at radius 2 is 2.10 bits per heavy atom. The van der Waals surface area contributed by atoms with Crippen LogP contribution in [0.2, 0.25) is 0 Å². The highest BCUT2D eigenvalue weighted by molar-refractivity contribution is 5.37. The Labute approximate surface area is 122 Å². The Hall–Kier alpha value is -1.34. The van der Waals surface area contributed by atoms with Gasteiger partial charge in [-0.05, 0) is 38.6 Å². The predicted molar refractivity (Wildman–Crippen MR) is 84.4 cm³/mol. The van der Waals surface area contributed by atoms with E-state index in [9.17, 15) is 0 Å². The maximum atomic E-state index is 5.42. The molecular weight excluding hydrogens is 246 g/mol. The minimum Gasteiger partial charge on any atom is -0.320 e. The zero-order valence-corrected chi connectivity index (χ0v) is 12.8. The summed E-state index contributed by atoms with van der Waals surface area (Å²) in [5, 5.41) is 0. The van der Waals surface area contributed by atoms with Gasteiger partial charge in [0, 0.05) is 37.3 Å². The van der Waals surface area contributed by atoms with Gasteiger partial charge in [0.1, 0.15) is 0 Å². The van der Waals surface area contributed by atoms with E-state index in [4.69, 9.17) is 5.73 Å². The number of likely N-dealkylation sites (N-methyl/N-ethyl adjacent to an activating group) is 1. The van der Waals surface area contributed by atoms with Crippen molar-refractivity contribution in [3.63, 3.8) is 0 Å². The van der Waals surface area contributed by atoms with Crippen LogP contribution < -0.4 is 5.73 Å². The van der Waals surface area contributed by atoms with Gasteiger partial charge in [-0.25, -0.2) is 0 Å². The molecule has 1 saturated heterocycles. The van der Waals surface area contributed by atoms with E-state index in [2.05, 4.69) is 60.7 Å². The molecule has 20 heavy (non-hydrogen) atoms. The van der Waals surface area contributed by atoms with Crippen molar-refractivity contribution >= 4 is 0 Å². The molecule has 0 radical (unpaired) electrons. The highest BCUT2D eigenvalue weighted by Gasteiger charge is 2.30. The SMILES string of the molecule is CN1CCN(Cc2cccc(C#CCN)c2)CC1(C)C. The monoisotopic (exact) mass is 271 g/mol. The standard InChI is InChI=1S/C17H25N3/c1-17(2)14-20(11-10-19(17)3)13-16-7-4-6-15(12-16)8-5-9-18/h4,6-7,12H,9-11,13-14,18H2,1-3H3. The number of nitrogens with zero attached hydrogens (tertiary/aromatic N) is 2. The molecule has 1 aromatic carbocycles.